The lowest BCUT2D eigenvalue weighted by Gasteiger charge is -2.21. The Morgan fingerprint density at radius 3 is 2.38 bits per heavy atom. The number of carbonyl (C=O) groups excluding carboxylic acids is 2. The van der Waals surface area contributed by atoms with Gasteiger partial charge >= 0.3 is 6.09 Å². The van der Waals surface area contributed by atoms with E-state index in [1.54, 1.807) is 18.2 Å². The molecular weight excluding hydrogens is 351 g/mol. The first-order chi connectivity index (χ1) is 11.5. The molecule has 1 unspecified atom stereocenters. The number of ether oxygens (including phenoxy) is 1. The van der Waals surface area contributed by atoms with Gasteiger partial charge in [0.2, 0.25) is 0 Å². The molecule has 2 amide bonds. The van der Waals surface area contributed by atoms with E-state index >= 15 is 0 Å². The topological polar surface area (TPSA) is 67.4 Å². The minimum Gasteiger partial charge on any atom is -0.434 e. The highest BCUT2D eigenvalue weighted by atomic mass is 35.5. The van der Waals surface area contributed by atoms with Crippen molar-refractivity contribution in [1.29, 1.82) is 0 Å². The number of halogens is 2. The van der Waals surface area contributed by atoms with Crippen molar-refractivity contribution in [2.45, 2.75) is 12.1 Å². The summed E-state index contributed by atoms with van der Waals surface area (Å²) >= 11 is 12.2. The van der Waals surface area contributed by atoms with E-state index in [2.05, 4.69) is 10.6 Å². The maximum atomic E-state index is 12.4. The second-order valence-corrected chi connectivity index (χ2v) is 6.20. The molecular formula is C17H14Cl2N2O3. The van der Waals surface area contributed by atoms with Crippen molar-refractivity contribution in [3.8, 4) is 0 Å². The largest absolute Gasteiger partial charge is 0.434 e. The van der Waals surface area contributed by atoms with Crippen LogP contribution in [0.15, 0.2) is 48.5 Å². The molecule has 2 aromatic carbocycles. The Bertz CT molecular complexity index is 747. The lowest BCUT2D eigenvalue weighted by molar-refractivity contribution is -0.128. The fraction of sp³-hybridized carbons (Fsp3) is 0.176. The van der Waals surface area contributed by atoms with E-state index in [9.17, 15) is 9.59 Å². The normalized spacial score (nSPS) is 17.8. The molecule has 0 bridgehead atoms. The van der Waals surface area contributed by atoms with Crippen molar-refractivity contribution in [3.05, 3.63) is 69.7 Å². The van der Waals surface area contributed by atoms with E-state index in [1.807, 2.05) is 30.3 Å². The molecule has 2 aromatic rings. The SMILES string of the molecule is O=C1NC[C@@H](C(=O)NC(c2ccccc2)c2cc(Cl)cc(Cl)c2)O1. The number of alkyl carbamates (subject to hydrolysis) is 1. The summed E-state index contributed by atoms with van der Waals surface area (Å²) in [5.74, 6) is -0.390. The molecule has 1 aliphatic heterocycles. The molecule has 7 heteroatoms. The maximum absolute atomic E-state index is 12.4. The number of carbonyl (C=O) groups is 2. The second kappa shape index (κ2) is 7.11. The average Bonchev–Trinajstić information content (AvgIpc) is 2.99. The van der Waals surface area contributed by atoms with E-state index < -0.39 is 24.1 Å². The summed E-state index contributed by atoms with van der Waals surface area (Å²) in [6.45, 7) is 0.141. The van der Waals surface area contributed by atoms with Crippen LogP contribution in [0, 0.1) is 0 Å². The summed E-state index contributed by atoms with van der Waals surface area (Å²) in [7, 11) is 0. The number of hydrogen-bond acceptors (Lipinski definition) is 3. The van der Waals surface area contributed by atoms with Crippen molar-refractivity contribution in [3.63, 3.8) is 0 Å². The van der Waals surface area contributed by atoms with Crippen LogP contribution in [0.3, 0.4) is 0 Å². The van der Waals surface area contributed by atoms with Gasteiger partial charge in [0, 0.05) is 10.0 Å². The number of hydrogen-bond donors (Lipinski definition) is 2. The average molecular weight is 365 g/mol. The highest BCUT2D eigenvalue weighted by Gasteiger charge is 2.31. The molecule has 1 fully saturated rings. The molecule has 124 valence electrons. The first-order valence-corrected chi connectivity index (χ1v) is 8.04. The fourth-order valence-electron chi connectivity index (χ4n) is 2.52. The molecule has 5 nitrogen and oxygen atoms in total. The van der Waals surface area contributed by atoms with Crippen molar-refractivity contribution < 1.29 is 14.3 Å². The number of rotatable bonds is 4. The van der Waals surface area contributed by atoms with Crippen molar-refractivity contribution in [2.24, 2.45) is 0 Å². The molecule has 0 spiro atoms. The molecule has 1 heterocycles. The van der Waals surface area contributed by atoms with Gasteiger partial charge in [-0.1, -0.05) is 53.5 Å². The number of cyclic esters (lactones) is 1. The van der Waals surface area contributed by atoms with Crippen molar-refractivity contribution in [2.75, 3.05) is 6.54 Å². The van der Waals surface area contributed by atoms with Gasteiger partial charge in [-0.15, -0.1) is 0 Å². The summed E-state index contributed by atoms with van der Waals surface area (Å²) in [4.78, 5) is 23.5. The highest BCUT2D eigenvalue weighted by molar-refractivity contribution is 6.34. The van der Waals surface area contributed by atoms with E-state index in [4.69, 9.17) is 27.9 Å². The standard InChI is InChI=1S/C17H14Cl2N2O3/c18-12-6-11(7-13(19)8-12)15(10-4-2-1-3-5-10)21-16(22)14-9-20-17(23)24-14/h1-8,14-15H,9H2,(H,20,23)(H,21,22)/t14-,15?/m0/s1. The molecule has 0 aromatic heterocycles. The molecule has 0 aliphatic carbocycles. The Kier molecular flexibility index (Phi) is 4.92. The highest BCUT2D eigenvalue weighted by Crippen LogP contribution is 2.28. The van der Waals surface area contributed by atoms with E-state index in [0.29, 0.717) is 10.0 Å². The van der Waals surface area contributed by atoms with Crippen LogP contribution in [-0.4, -0.2) is 24.6 Å². The number of benzene rings is 2. The monoisotopic (exact) mass is 364 g/mol. The Morgan fingerprint density at radius 2 is 1.79 bits per heavy atom. The quantitative estimate of drug-likeness (QED) is 0.874. The van der Waals surface area contributed by atoms with Gasteiger partial charge in [0.15, 0.2) is 6.10 Å². The lowest BCUT2D eigenvalue weighted by Crippen LogP contribution is -2.39. The first-order valence-electron chi connectivity index (χ1n) is 7.29. The Morgan fingerprint density at radius 1 is 1.12 bits per heavy atom. The predicted octanol–water partition coefficient (Wildman–Crippen LogP) is 3.31. The summed E-state index contributed by atoms with van der Waals surface area (Å²) in [6.07, 6.45) is -1.46. The summed E-state index contributed by atoms with van der Waals surface area (Å²) < 4.78 is 4.93. The van der Waals surface area contributed by atoms with Crippen LogP contribution >= 0.6 is 23.2 Å². The molecule has 1 aliphatic rings. The molecule has 0 saturated carbocycles. The lowest BCUT2D eigenvalue weighted by atomic mass is 9.98. The number of amides is 2. The zero-order valence-corrected chi connectivity index (χ0v) is 14.0. The van der Waals surface area contributed by atoms with Crippen LogP contribution in [0.1, 0.15) is 17.2 Å². The maximum Gasteiger partial charge on any atom is 0.408 e. The van der Waals surface area contributed by atoms with Gasteiger partial charge in [0.1, 0.15) is 0 Å². The third-order valence-electron chi connectivity index (χ3n) is 3.61. The van der Waals surface area contributed by atoms with Gasteiger partial charge in [-0.3, -0.25) is 4.79 Å². The Hall–Kier alpha value is -2.24. The van der Waals surface area contributed by atoms with Crippen LogP contribution in [-0.2, 0) is 9.53 Å². The van der Waals surface area contributed by atoms with Crippen molar-refractivity contribution in [1.82, 2.24) is 10.6 Å². The third-order valence-corrected chi connectivity index (χ3v) is 4.05. The van der Waals surface area contributed by atoms with Crippen LogP contribution in [0.2, 0.25) is 10.0 Å². The molecule has 24 heavy (non-hydrogen) atoms. The molecule has 0 radical (unpaired) electrons. The van der Waals surface area contributed by atoms with Gasteiger partial charge in [-0.2, -0.15) is 0 Å². The van der Waals surface area contributed by atoms with Crippen LogP contribution < -0.4 is 10.6 Å². The molecule has 3 rings (SSSR count). The Labute approximate surface area is 148 Å². The van der Waals surface area contributed by atoms with E-state index in [1.165, 1.54) is 0 Å². The zero-order valence-electron chi connectivity index (χ0n) is 12.5. The van der Waals surface area contributed by atoms with Crippen LogP contribution in [0.5, 0.6) is 0 Å². The van der Waals surface area contributed by atoms with Gasteiger partial charge < -0.3 is 15.4 Å². The van der Waals surface area contributed by atoms with E-state index in [-0.39, 0.29) is 6.54 Å². The van der Waals surface area contributed by atoms with Gasteiger partial charge in [-0.05, 0) is 29.3 Å². The minimum atomic E-state index is -0.863. The minimum absolute atomic E-state index is 0.141. The summed E-state index contributed by atoms with van der Waals surface area (Å²) in [6, 6.07) is 14.0. The molecule has 2 atom stereocenters. The van der Waals surface area contributed by atoms with Crippen LogP contribution in [0.4, 0.5) is 4.79 Å². The van der Waals surface area contributed by atoms with E-state index in [0.717, 1.165) is 11.1 Å². The van der Waals surface area contributed by atoms with Gasteiger partial charge in [0.25, 0.3) is 5.91 Å². The second-order valence-electron chi connectivity index (χ2n) is 5.33. The molecule has 2 N–H and O–H groups in total. The van der Waals surface area contributed by atoms with Crippen molar-refractivity contribution >= 4 is 35.2 Å². The smallest absolute Gasteiger partial charge is 0.408 e. The first kappa shape index (κ1) is 16.6. The summed E-state index contributed by atoms with van der Waals surface area (Å²) in [5.41, 5.74) is 1.60. The fourth-order valence-corrected chi connectivity index (χ4v) is 3.06. The van der Waals surface area contributed by atoms with Crippen LogP contribution in [0.25, 0.3) is 0 Å². The predicted molar refractivity (Wildman–Crippen MR) is 91.2 cm³/mol. The Balaban J connectivity index is 1.90. The van der Waals surface area contributed by atoms with Gasteiger partial charge in [0.05, 0.1) is 12.6 Å². The molecule has 1 saturated heterocycles. The third kappa shape index (κ3) is 3.80. The van der Waals surface area contributed by atoms with Gasteiger partial charge in [-0.25, -0.2) is 4.79 Å². The number of nitrogens with one attached hydrogen (secondary N) is 2. The summed E-state index contributed by atoms with van der Waals surface area (Å²) in [5, 5.41) is 6.30. The zero-order chi connectivity index (χ0) is 17.1.